The van der Waals surface area contributed by atoms with Crippen molar-refractivity contribution in [3.8, 4) is 11.1 Å². The van der Waals surface area contributed by atoms with Crippen molar-refractivity contribution in [3.05, 3.63) is 59.9 Å². The van der Waals surface area contributed by atoms with Crippen molar-refractivity contribution in [1.82, 2.24) is 5.43 Å². The monoisotopic (exact) mass is 532 g/mol. The second-order valence-electron chi connectivity index (χ2n) is 6.90. The van der Waals surface area contributed by atoms with Gasteiger partial charge in [0, 0.05) is 17.9 Å². The molecule has 2 atom stereocenters. The van der Waals surface area contributed by atoms with Crippen LogP contribution in [0.5, 0.6) is 0 Å². The fraction of sp³-hybridized carbons (Fsp3) is 0.222. The quantitative estimate of drug-likeness (QED) is 0.247. The molecular formula is C18H17FK2N2O7P2. The first-order valence-corrected chi connectivity index (χ1v) is 11.8. The molecule has 2 aromatic carbocycles. The summed E-state index contributed by atoms with van der Waals surface area (Å²) in [5, 5.41) is 0.200. The van der Waals surface area contributed by atoms with Crippen molar-refractivity contribution in [1.29, 1.82) is 0 Å². The molecule has 1 aliphatic rings. The third-order valence-corrected chi connectivity index (χ3v) is 8.88. The predicted octanol–water partition coefficient (Wildman–Crippen LogP) is -4.73. The predicted molar refractivity (Wildman–Crippen MR) is 103 cm³/mol. The second kappa shape index (κ2) is 11.9. The van der Waals surface area contributed by atoms with Gasteiger partial charge in [0.25, 0.3) is 0 Å². The van der Waals surface area contributed by atoms with E-state index in [1.165, 1.54) is 19.1 Å². The Balaban J connectivity index is 0.00000256. The molecule has 14 heteroatoms. The van der Waals surface area contributed by atoms with Crippen molar-refractivity contribution in [2.45, 2.75) is 24.3 Å². The van der Waals surface area contributed by atoms with Crippen LogP contribution in [-0.2, 0) is 13.9 Å². The van der Waals surface area contributed by atoms with Crippen LogP contribution < -0.4 is 118 Å². The third-order valence-electron chi connectivity index (χ3n) is 4.97. The topological polar surface area (TPSA) is 162 Å². The van der Waals surface area contributed by atoms with Crippen LogP contribution in [0.25, 0.3) is 11.1 Å². The van der Waals surface area contributed by atoms with Crippen LogP contribution in [-0.4, -0.2) is 26.3 Å². The molecule has 0 saturated carbocycles. The molecule has 0 fully saturated rings. The van der Waals surface area contributed by atoms with E-state index < -0.39 is 49.9 Å². The zero-order valence-corrected chi connectivity index (χ0v) is 25.6. The maximum absolute atomic E-state index is 14.6. The number of carbonyl (C=O) groups is 1. The van der Waals surface area contributed by atoms with E-state index in [2.05, 4.69) is 5.10 Å². The first-order valence-electron chi connectivity index (χ1n) is 8.68. The van der Waals surface area contributed by atoms with E-state index in [0.29, 0.717) is 11.1 Å². The summed E-state index contributed by atoms with van der Waals surface area (Å²) in [6, 6.07) is 12.9. The van der Waals surface area contributed by atoms with Gasteiger partial charge in [-0.05, 0) is 24.8 Å². The van der Waals surface area contributed by atoms with E-state index in [1.54, 1.807) is 35.8 Å². The molecule has 3 N–H and O–H groups in total. The molecule has 0 amide bonds. The zero-order valence-electron chi connectivity index (χ0n) is 17.6. The molecule has 0 aliphatic carbocycles. The first kappa shape index (κ1) is 31.1. The average Bonchev–Trinajstić information content (AvgIpc) is 3.14. The van der Waals surface area contributed by atoms with Crippen molar-refractivity contribution in [3.63, 3.8) is 0 Å². The number of hydrogen-bond donors (Lipinski definition) is 3. The molecule has 9 nitrogen and oxygen atoms in total. The molecular weight excluding hydrogens is 515 g/mol. The number of nitrogens with one attached hydrogen (secondary N) is 1. The summed E-state index contributed by atoms with van der Waals surface area (Å²) in [5.74, 6) is -2.38. The third kappa shape index (κ3) is 6.25. The molecule has 0 radical (unpaired) electrons. The summed E-state index contributed by atoms with van der Waals surface area (Å²) in [5.41, 5.74) is 2.35. The largest absolute Gasteiger partial charge is 1.00 e. The van der Waals surface area contributed by atoms with Gasteiger partial charge in [-0.2, -0.15) is 5.10 Å². The van der Waals surface area contributed by atoms with Crippen molar-refractivity contribution in [2.24, 2.45) is 5.10 Å². The Morgan fingerprint density at radius 3 is 2.22 bits per heavy atom. The van der Waals surface area contributed by atoms with Crippen LogP contribution in [0.1, 0.15) is 24.8 Å². The summed E-state index contributed by atoms with van der Waals surface area (Å²) >= 11 is 0. The minimum absolute atomic E-state index is 0. The van der Waals surface area contributed by atoms with E-state index in [1.807, 2.05) is 0 Å². The number of ketones is 1. The zero-order chi connectivity index (χ0) is 22.3. The maximum atomic E-state index is 14.6. The number of benzene rings is 2. The minimum atomic E-state index is -5.89. The molecule has 1 aliphatic heterocycles. The molecule has 0 aromatic heterocycles. The number of carbonyl (C=O) groups excluding carboxylic acids is 1. The van der Waals surface area contributed by atoms with E-state index in [0.717, 1.165) is 6.07 Å². The Hall–Kier alpha value is 1.08. The van der Waals surface area contributed by atoms with Gasteiger partial charge in [-0.1, -0.05) is 49.4 Å². The number of halogens is 1. The van der Waals surface area contributed by atoms with Gasteiger partial charge >= 0.3 is 110 Å². The van der Waals surface area contributed by atoms with E-state index in [4.69, 9.17) is 0 Å². The number of nitrogens with zero attached hydrogens (tertiary/aromatic N) is 1. The van der Waals surface area contributed by atoms with Gasteiger partial charge in [0.1, 0.15) is 11.5 Å². The van der Waals surface area contributed by atoms with Crippen molar-refractivity contribution in [2.75, 3.05) is 0 Å². The Kier molecular flexibility index (Phi) is 11.5. The molecule has 0 saturated heterocycles. The fourth-order valence-electron chi connectivity index (χ4n) is 3.15. The van der Waals surface area contributed by atoms with Crippen LogP contribution in [0, 0.1) is 5.82 Å². The number of hydrazone groups is 1. The van der Waals surface area contributed by atoms with Crippen LogP contribution in [0.3, 0.4) is 0 Å². The van der Waals surface area contributed by atoms with Crippen LogP contribution in [0.2, 0.25) is 0 Å². The minimum Gasteiger partial charge on any atom is -0.809 e. The second-order valence-corrected chi connectivity index (χ2v) is 10.9. The molecule has 2 unspecified atom stereocenters. The van der Waals surface area contributed by atoms with Crippen LogP contribution in [0.15, 0.2) is 53.6 Å². The first-order chi connectivity index (χ1) is 13.9. The Morgan fingerprint density at radius 2 is 1.75 bits per heavy atom. The van der Waals surface area contributed by atoms with Gasteiger partial charge in [0.05, 0.1) is 0 Å². The van der Waals surface area contributed by atoms with Gasteiger partial charge in [-0.3, -0.25) is 14.8 Å². The maximum Gasteiger partial charge on any atom is 1.00 e. The molecule has 1 heterocycles. The number of Topliss-reactive ketones (excluding diaryl/α,β-unsaturated/α-hetero) is 1. The van der Waals surface area contributed by atoms with E-state index in [9.17, 15) is 37.9 Å². The molecule has 2 aromatic rings. The van der Waals surface area contributed by atoms with Crippen LogP contribution >= 0.6 is 15.2 Å². The summed E-state index contributed by atoms with van der Waals surface area (Å²) < 4.78 is 37.8. The molecule has 0 spiro atoms. The fourth-order valence-corrected chi connectivity index (χ4v) is 5.48. The molecule has 3 rings (SSSR count). The SMILES string of the molecule is CC(C(=O)C1=NNC(P(=O)([O-])[O-])(P(=O)(O)O)C1)c1ccc(-c2ccccc2)c(F)c1.[K+].[K+]. The average molecular weight is 532 g/mol. The van der Waals surface area contributed by atoms with Crippen LogP contribution in [0.4, 0.5) is 4.39 Å². The van der Waals surface area contributed by atoms with Gasteiger partial charge in [-0.15, -0.1) is 0 Å². The van der Waals surface area contributed by atoms with Gasteiger partial charge in [-0.25, -0.2) is 4.39 Å². The van der Waals surface area contributed by atoms with Gasteiger partial charge in [0.15, 0.2) is 10.8 Å². The Labute approximate surface area is 268 Å². The molecule has 32 heavy (non-hydrogen) atoms. The van der Waals surface area contributed by atoms with Gasteiger partial charge < -0.3 is 24.1 Å². The summed E-state index contributed by atoms with van der Waals surface area (Å²) in [6.07, 6.45) is -1.09. The summed E-state index contributed by atoms with van der Waals surface area (Å²) in [6.45, 7) is 1.41. The Morgan fingerprint density at radius 1 is 1.16 bits per heavy atom. The standard InChI is InChI=1S/C18H19FN2O7P2.2K/c1-11(13-7-8-14(15(19)9-13)12-5-3-2-4-6-12)17(22)16-10-18(21-20-16,29(23,24)25)30(26,27)28;;/h2-9,11,21H,10H2,1H3,(H2,23,24,25)(H2,26,27,28);;/q;2*+1/p-2. The van der Waals surface area contributed by atoms with Crippen molar-refractivity contribution >= 4 is 26.7 Å². The van der Waals surface area contributed by atoms with Crippen molar-refractivity contribution < 1.29 is 141 Å². The molecule has 160 valence electrons. The smallest absolute Gasteiger partial charge is 0.809 e. The summed E-state index contributed by atoms with van der Waals surface area (Å²) in [7, 11) is -11.4. The summed E-state index contributed by atoms with van der Waals surface area (Å²) in [4.78, 5) is 54.5. The number of rotatable bonds is 6. The molecule has 0 bridgehead atoms. The van der Waals surface area contributed by atoms with E-state index in [-0.39, 0.29) is 108 Å². The Bertz CT molecular complexity index is 1100. The number of hydrogen-bond acceptors (Lipinski definition) is 7. The van der Waals surface area contributed by atoms with Gasteiger partial charge in [0.2, 0.25) is 0 Å². The normalized spacial score (nSPS) is 19.1. The van der Waals surface area contributed by atoms with E-state index >= 15 is 0 Å².